The number of benzene rings is 1. The number of carbonyl (C=O) groups is 1. The lowest BCUT2D eigenvalue weighted by Gasteiger charge is -2.07. The van der Waals surface area contributed by atoms with Crippen molar-refractivity contribution in [3.63, 3.8) is 0 Å². The molecule has 0 fully saturated rings. The van der Waals surface area contributed by atoms with Crippen molar-refractivity contribution < 1.29 is 27.8 Å². The van der Waals surface area contributed by atoms with Crippen LogP contribution < -0.4 is 0 Å². The highest BCUT2D eigenvalue weighted by Gasteiger charge is 2.22. The Kier molecular flexibility index (Phi) is 5.73. The van der Waals surface area contributed by atoms with E-state index in [1.54, 1.807) is 6.92 Å². The summed E-state index contributed by atoms with van der Waals surface area (Å²) >= 11 is 6.14. The molecule has 0 saturated carbocycles. The molecule has 0 saturated heterocycles. The fourth-order valence-electron chi connectivity index (χ4n) is 2.19. The number of halogens is 4. The summed E-state index contributed by atoms with van der Waals surface area (Å²) in [6.45, 7) is 1.29. The first-order valence-corrected chi connectivity index (χ1v) is 7.53. The average molecular weight is 375 g/mol. The molecule has 25 heavy (non-hydrogen) atoms. The Morgan fingerprint density at radius 3 is 2.44 bits per heavy atom. The Bertz CT molecular complexity index is 820. The third-order valence-corrected chi connectivity index (χ3v) is 3.86. The third-order valence-electron chi connectivity index (χ3n) is 3.46. The van der Waals surface area contributed by atoms with Gasteiger partial charge in [-0.1, -0.05) is 18.5 Å². The molecule has 2 aromatic rings. The maximum Gasteiger partial charge on any atom is 0.357 e. The molecular weight excluding hydrogens is 361 g/mol. The van der Waals surface area contributed by atoms with Crippen LogP contribution >= 0.6 is 11.6 Å². The average Bonchev–Trinajstić information content (AvgIpc) is 2.85. The zero-order valence-electron chi connectivity index (χ0n) is 13.3. The van der Waals surface area contributed by atoms with Gasteiger partial charge in [-0.2, -0.15) is 5.10 Å². The van der Waals surface area contributed by atoms with Gasteiger partial charge in [-0.05, 0) is 6.08 Å². The molecule has 0 aliphatic heterocycles. The normalized spacial score (nSPS) is 11.7. The maximum absolute atomic E-state index is 13.8. The van der Waals surface area contributed by atoms with Crippen LogP contribution in [0.1, 0.15) is 35.0 Å². The Labute approximate surface area is 146 Å². The Hall–Kier alpha value is -2.48. The zero-order chi connectivity index (χ0) is 18.7. The predicted molar refractivity (Wildman–Crippen MR) is 84.9 cm³/mol. The number of aromatic carboxylic acids is 1. The van der Waals surface area contributed by atoms with E-state index in [1.165, 1.54) is 13.2 Å². The topological polar surface area (TPSA) is 64.3 Å². The van der Waals surface area contributed by atoms with Crippen molar-refractivity contribution in [1.29, 1.82) is 0 Å². The van der Waals surface area contributed by atoms with E-state index in [2.05, 4.69) is 5.10 Å². The molecule has 0 radical (unpaired) electrons. The monoisotopic (exact) mass is 374 g/mol. The van der Waals surface area contributed by atoms with Crippen LogP contribution in [0, 0.1) is 17.5 Å². The van der Waals surface area contributed by atoms with Gasteiger partial charge in [-0.25, -0.2) is 22.6 Å². The predicted octanol–water partition coefficient (Wildman–Crippen LogP) is 4.10. The summed E-state index contributed by atoms with van der Waals surface area (Å²) < 4.78 is 46.6. The molecule has 0 spiro atoms. The standard InChI is InChI=1S/C16H14ClF3N2O3/c1-3-9(25-2)6-10-14(16(23)24)21-22(15(10)17)7-11-12(19)4-8(18)5-13(11)20/h4-6H,3,7H2,1-2H3,(H,23,24). The van der Waals surface area contributed by atoms with Gasteiger partial charge in [0.1, 0.15) is 22.6 Å². The second kappa shape index (κ2) is 7.60. The van der Waals surface area contributed by atoms with Crippen LogP contribution in [-0.2, 0) is 11.3 Å². The van der Waals surface area contributed by atoms with Gasteiger partial charge in [-0.15, -0.1) is 0 Å². The summed E-state index contributed by atoms with van der Waals surface area (Å²) in [6, 6.07) is 1.05. The number of carboxylic acids is 1. The second-order valence-corrected chi connectivity index (χ2v) is 5.39. The van der Waals surface area contributed by atoms with E-state index in [4.69, 9.17) is 16.3 Å². The smallest absolute Gasteiger partial charge is 0.357 e. The quantitative estimate of drug-likeness (QED) is 0.773. The number of hydrogen-bond donors (Lipinski definition) is 1. The van der Waals surface area contributed by atoms with Crippen molar-refractivity contribution >= 4 is 23.6 Å². The number of carboxylic acid groups (broad SMARTS) is 1. The number of ether oxygens (including phenoxy) is 1. The van der Waals surface area contributed by atoms with E-state index in [1.807, 2.05) is 0 Å². The number of allylic oxidation sites excluding steroid dienone is 1. The van der Waals surface area contributed by atoms with Crippen LogP contribution in [0.2, 0.25) is 5.15 Å². The first kappa shape index (κ1) is 18.9. The van der Waals surface area contributed by atoms with Crippen molar-refractivity contribution in [3.05, 3.63) is 57.3 Å². The van der Waals surface area contributed by atoms with Gasteiger partial charge in [0.25, 0.3) is 0 Å². The van der Waals surface area contributed by atoms with Gasteiger partial charge in [0.2, 0.25) is 0 Å². The first-order valence-electron chi connectivity index (χ1n) is 7.16. The molecule has 0 unspecified atom stereocenters. The molecule has 1 heterocycles. The summed E-state index contributed by atoms with van der Waals surface area (Å²) in [4.78, 5) is 11.4. The summed E-state index contributed by atoms with van der Waals surface area (Å²) in [5, 5.41) is 12.9. The fraction of sp³-hybridized carbons (Fsp3) is 0.250. The number of nitrogens with zero attached hydrogens (tertiary/aromatic N) is 2. The van der Waals surface area contributed by atoms with E-state index in [0.717, 1.165) is 4.68 Å². The second-order valence-electron chi connectivity index (χ2n) is 5.03. The van der Waals surface area contributed by atoms with Crippen molar-refractivity contribution in [1.82, 2.24) is 9.78 Å². The van der Waals surface area contributed by atoms with Crippen LogP contribution in [0.25, 0.3) is 6.08 Å². The number of hydrogen-bond acceptors (Lipinski definition) is 3. The lowest BCUT2D eigenvalue weighted by molar-refractivity contribution is 0.0689. The molecule has 0 atom stereocenters. The molecule has 0 bridgehead atoms. The van der Waals surface area contributed by atoms with E-state index < -0.39 is 41.2 Å². The molecule has 5 nitrogen and oxygen atoms in total. The van der Waals surface area contributed by atoms with Crippen LogP contribution in [0.3, 0.4) is 0 Å². The van der Waals surface area contributed by atoms with Crippen LogP contribution in [-0.4, -0.2) is 28.0 Å². The summed E-state index contributed by atoms with van der Waals surface area (Å²) in [5.74, 6) is -4.22. The van der Waals surface area contributed by atoms with Gasteiger partial charge in [-0.3, -0.25) is 0 Å². The minimum atomic E-state index is -1.36. The first-order chi connectivity index (χ1) is 11.8. The maximum atomic E-state index is 13.8. The minimum absolute atomic E-state index is 0.0517. The van der Waals surface area contributed by atoms with E-state index in [9.17, 15) is 23.1 Å². The summed E-state index contributed by atoms with van der Waals surface area (Å²) in [7, 11) is 1.41. The Morgan fingerprint density at radius 1 is 1.36 bits per heavy atom. The molecule has 0 amide bonds. The van der Waals surface area contributed by atoms with Crippen LogP contribution in [0.5, 0.6) is 0 Å². The highest BCUT2D eigenvalue weighted by Crippen LogP contribution is 2.26. The molecule has 1 aromatic carbocycles. The minimum Gasteiger partial charge on any atom is -0.501 e. The largest absolute Gasteiger partial charge is 0.501 e. The molecule has 2 rings (SSSR count). The lowest BCUT2D eigenvalue weighted by atomic mass is 10.2. The molecule has 134 valence electrons. The number of methoxy groups -OCH3 is 1. The number of rotatable bonds is 6. The lowest BCUT2D eigenvalue weighted by Crippen LogP contribution is -2.08. The fourth-order valence-corrected chi connectivity index (χ4v) is 2.43. The SMILES string of the molecule is CCC(=Cc1c(C(=O)O)nn(Cc2c(F)cc(F)cc2F)c1Cl)OC. The summed E-state index contributed by atoms with van der Waals surface area (Å²) in [5.41, 5.74) is -0.826. The molecule has 1 aromatic heterocycles. The van der Waals surface area contributed by atoms with Crippen molar-refractivity contribution in [2.75, 3.05) is 7.11 Å². The van der Waals surface area contributed by atoms with E-state index >= 15 is 0 Å². The van der Waals surface area contributed by atoms with Gasteiger partial charge in [0.05, 0.1) is 19.4 Å². The van der Waals surface area contributed by atoms with Gasteiger partial charge in [0.15, 0.2) is 5.69 Å². The molecule has 0 aliphatic rings. The molecule has 1 N–H and O–H groups in total. The van der Waals surface area contributed by atoms with Crippen molar-refractivity contribution in [2.24, 2.45) is 0 Å². The number of aromatic nitrogens is 2. The van der Waals surface area contributed by atoms with E-state index in [-0.39, 0.29) is 10.7 Å². The van der Waals surface area contributed by atoms with E-state index in [0.29, 0.717) is 24.3 Å². The van der Waals surface area contributed by atoms with Gasteiger partial charge < -0.3 is 9.84 Å². The molecule has 9 heteroatoms. The highest BCUT2D eigenvalue weighted by molar-refractivity contribution is 6.31. The van der Waals surface area contributed by atoms with Crippen LogP contribution in [0.4, 0.5) is 13.2 Å². The molecular formula is C16H14ClF3N2O3. The Morgan fingerprint density at radius 2 is 1.96 bits per heavy atom. The van der Waals surface area contributed by atoms with Gasteiger partial charge >= 0.3 is 5.97 Å². The van der Waals surface area contributed by atoms with Crippen molar-refractivity contribution in [2.45, 2.75) is 19.9 Å². The molecule has 0 aliphatic carbocycles. The van der Waals surface area contributed by atoms with Crippen molar-refractivity contribution in [3.8, 4) is 0 Å². The highest BCUT2D eigenvalue weighted by atomic mass is 35.5. The van der Waals surface area contributed by atoms with Gasteiger partial charge in [0, 0.05) is 29.7 Å². The third kappa shape index (κ3) is 3.96. The Balaban J connectivity index is 2.54. The summed E-state index contributed by atoms with van der Waals surface area (Å²) in [6.07, 6.45) is 1.87. The van der Waals surface area contributed by atoms with Crippen LogP contribution in [0.15, 0.2) is 17.9 Å². The zero-order valence-corrected chi connectivity index (χ0v) is 14.1.